The van der Waals surface area contributed by atoms with Gasteiger partial charge in [-0.15, -0.1) is 11.3 Å². The van der Waals surface area contributed by atoms with Crippen molar-refractivity contribution in [2.24, 2.45) is 0 Å². The van der Waals surface area contributed by atoms with Gasteiger partial charge in [0.15, 0.2) is 0 Å². The number of nitrogens with zero attached hydrogens (tertiary/aromatic N) is 4. The summed E-state index contributed by atoms with van der Waals surface area (Å²) in [5.74, 6) is -0.0731. The van der Waals surface area contributed by atoms with Gasteiger partial charge in [0.05, 0.1) is 33.7 Å². The predicted octanol–water partition coefficient (Wildman–Crippen LogP) is 3.04. The Bertz CT molecular complexity index is 916. The molecular weight excluding hydrogens is 346 g/mol. The molecule has 0 spiro atoms. The molecule has 6 nitrogen and oxygen atoms in total. The van der Waals surface area contributed by atoms with Crippen LogP contribution in [0.4, 0.5) is 0 Å². The zero-order chi connectivity index (χ0) is 17.9. The molecule has 0 saturated carbocycles. The van der Waals surface area contributed by atoms with Gasteiger partial charge in [0.1, 0.15) is 0 Å². The van der Waals surface area contributed by atoms with Crippen molar-refractivity contribution in [3.63, 3.8) is 0 Å². The number of fused-ring (bicyclic) bond motifs is 2. The summed E-state index contributed by atoms with van der Waals surface area (Å²) >= 11 is 1.55. The number of hydrogen-bond donors (Lipinski definition) is 1. The maximum Gasteiger partial charge on any atom is 0.251 e. The molecule has 1 amide bonds. The lowest BCUT2D eigenvalue weighted by molar-refractivity contribution is 0.0950. The Morgan fingerprint density at radius 2 is 2.23 bits per heavy atom. The Labute approximate surface area is 156 Å². The summed E-state index contributed by atoms with van der Waals surface area (Å²) in [7, 11) is 0. The van der Waals surface area contributed by atoms with E-state index in [1.165, 1.54) is 12.1 Å². The van der Waals surface area contributed by atoms with Crippen molar-refractivity contribution < 1.29 is 4.79 Å². The first kappa shape index (κ1) is 17.2. The molecule has 3 heterocycles. The second kappa shape index (κ2) is 7.55. The summed E-state index contributed by atoms with van der Waals surface area (Å²) in [4.78, 5) is 19.2. The first-order valence-corrected chi connectivity index (χ1v) is 10.0. The number of thiazole rings is 1. The molecule has 0 saturated heterocycles. The molecule has 0 bridgehead atoms. The molecule has 2 aromatic heterocycles. The van der Waals surface area contributed by atoms with Crippen molar-refractivity contribution >= 4 is 27.5 Å². The number of aryl methyl sites for hydroxylation is 1. The SMILES string of the molecule is CCCN1CCCn2nc(CNC(=O)c3ccc4ncsc4c3)cc2C1. The van der Waals surface area contributed by atoms with Crippen molar-refractivity contribution in [1.29, 1.82) is 0 Å². The Hall–Kier alpha value is -2.25. The van der Waals surface area contributed by atoms with Gasteiger partial charge in [-0.3, -0.25) is 14.4 Å². The van der Waals surface area contributed by atoms with Gasteiger partial charge >= 0.3 is 0 Å². The van der Waals surface area contributed by atoms with Crippen LogP contribution < -0.4 is 5.32 Å². The van der Waals surface area contributed by atoms with Crippen molar-refractivity contribution in [2.75, 3.05) is 13.1 Å². The second-order valence-corrected chi connectivity index (χ2v) is 7.58. The molecule has 0 radical (unpaired) electrons. The lowest BCUT2D eigenvalue weighted by atomic mass is 10.2. The van der Waals surface area contributed by atoms with Gasteiger partial charge in [-0.1, -0.05) is 6.92 Å². The van der Waals surface area contributed by atoms with E-state index in [4.69, 9.17) is 0 Å². The Morgan fingerprint density at radius 1 is 1.31 bits per heavy atom. The summed E-state index contributed by atoms with van der Waals surface area (Å²) in [5.41, 5.74) is 5.56. The molecule has 0 atom stereocenters. The third-order valence-corrected chi connectivity index (χ3v) is 5.50. The topological polar surface area (TPSA) is 63.1 Å². The molecule has 0 fully saturated rings. The fourth-order valence-corrected chi connectivity index (χ4v) is 4.17. The average molecular weight is 369 g/mol. The van der Waals surface area contributed by atoms with Crippen molar-refractivity contribution in [2.45, 2.75) is 39.4 Å². The van der Waals surface area contributed by atoms with Gasteiger partial charge in [0, 0.05) is 25.2 Å². The maximum absolute atomic E-state index is 12.4. The highest BCUT2D eigenvalue weighted by atomic mass is 32.1. The number of aromatic nitrogens is 3. The van der Waals surface area contributed by atoms with E-state index in [1.54, 1.807) is 16.8 Å². The maximum atomic E-state index is 12.4. The average Bonchev–Trinajstić information content (AvgIpc) is 3.22. The fourth-order valence-electron chi connectivity index (χ4n) is 3.45. The first-order valence-electron chi connectivity index (χ1n) is 9.12. The van der Waals surface area contributed by atoms with E-state index >= 15 is 0 Å². The molecule has 7 heteroatoms. The zero-order valence-corrected chi connectivity index (χ0v) is 15.8. The van der Waals surface area contributed by atoms with Gasteiger partial charge in [-0.25, -0.2) is 4.98 Å². The van der Waals surface area contributed by atoms with Crippen LogP contribution in [0, 0.1) is 0 Å². The lowest BCUT2D eigenvalue weighted by Crippen LogP contribution is -2.24. The summed E-state index contributed by atoms with van der Waals surface area (Å²) in [6.07, 6.45) is 2.29. The molecule has 1 N–H and O–H groups in total. The third-order valence-electron chi connectivity index (χ3n) is 4.71. The molecule has 4 rings (SSSR count). The monoisotopic (exact) mass is 369 g/mol. The van der Waals surface area contributed by atoms with Gasteiger partial charge in [0.2, 0.25) is 0 Å². The molecular formula is C19H23N5OS. The Morgan fingerprint density at radius 3 is 3.12 bits per heavy atom. The van der Waals surface area contributed by atoms with E-state index in [0.29, 0.717) is 12.1 Å². The zero-order valence-electron chi connectivity index (χ0n) is 14.9. The van der Waals surface area contributed by atoms with Crippen LogP contribution in [0.15, 0.2) is 29.8 Å². The summed E-state index contributed by atoms with van der Waals surface area (Å²) in [6, 6.07) is 7.73. The van der Waals surface area contributed by atoms with Crippen molar-refractivity contribution in [3.05, 3.63) is 46.7 Å². The summed E-state index contributed by atoms with van der Waals surface area (Å²) < 4.78 is 3.13. The number of amides is 1. The first-order chi connectivity index (χ1) is 12.7. The highest BCUT2D eigenvalue weighted by molar-refractivity contribution is 7.16. The summed E-state index contributed by atoms with van der Waals surface area (Å²) in [5, 5.41) is 7.67. The van der Waals surface area contributed by atoms with E-state index in [2.05, 4.69) is 38.0 Å². The van der Waals surface area contributed by atoms with Crippen LogP contribution in [0.1, 0.15) is 41.5 Å². The molecule has 1 aromatic carbocycles. The standard InChI is InChI=1S/C19H23N5OS/c1-2-6-23-7-3-8-24-16(12-23)10-15(22-24)11-20-19(25)14-4-5-17-18(9-14)26-13-21-17/h4-5,9-10,13H,2-3,6-8,11-12H2,1H3,(H,20,25). The predicted molar refractivity (Wildman–Crippen MR) is 103 cm³/mol. The fraction of sp³-hybridized carbons (Fsp3) is 0.421. The van der Waals surface area contributed by atoms with Crippen LogP contribution in [0.3, 0.4) is 0 Å². The third kappa shape index (κ3) is 3.64. The normalized spacial score (nSPS) is 15.0. The number of benzene rings is 1. The van der Waals surface area contributed by atoms with Crippen LogP contribution in [0.2, 0.25) is 0 Å². The molecule has 0 aliphatic carbocycles. The number of carbonyl (C=O) groups excluding carboxylic acids is 1. The minimum Gasteiger partial charge on any atom is -0.346 e. The largest absolute Gasteiger partial charge is 0.346 e. The quantitative estimate of drug-likeness (QED) is 0.751. The van der Waals surface area contributed by atoms with Crippen LogP contribution in [-0.4, -0.2) is 38.7 Å². The molecule has 136 valence electrons. The number of carbonyl (C=O) groups is 1. The van der Waals surface area contributed by atoms with E-state index in [9.17, 15) is 4.79 Å². The number of hydrogen-bond acceptors (Lipinski definition) is 5. The highest BCUT2D eigenvalue weighted by Crippen LogP contribution is 2.19. The molecule has 1 aliphatic heterocycles. The van der Waals surface area contributed by atoms with Crippen LogP contribution in [0.5, 0.6) is 0 Å². The van der Waals surface area contributed by atoms with Gasteiger partial charge in [0.25, 0.3) is 5.91 Å². The van der Waals surface area contributed by atoms with Crippen LogP contribution >= 0.6 is 11.3 Å². The van der Waals surface area contributed by atoms with Gasteiger partial charge in [-0.05, 0) is 43.7 Å². The van der Waals surface area contributed by atoms with Gasteiger partial charge < -0.3 is 5.32 Å². The molecule has 0 unspecified atom stereocenters. The van der Waals surface area contributed by atoms with Crippen LogP contribution in [-0.2, 0) is 19.6 Å². The van der Waals surface area contributed by atoms with Crippen molar-refractivity contribution in [1.82, 2.24) is 25.0 Å². The number of rotatable bonds is 5. The minimum atomic E-state index is -0.0731. The number of nitrogens with one attached hydrogen (secondary N) is 1. The highest BCUT2D eigenvalue weighted by Gasteiger charge is 2.16. The van der Waals surface area contributed by atoms with E-state index < -0.39 is 0 Å². The van der Waals surface area contributed by atoms with E-state index in [0.717, 1.165) is 48.5 Å². The van der Waals surface area contributed by atoms with E-state index in [1.807, 2.05) is 18.2 Å². The Balaban J connectivity index is 1.41. The van der Waals surface area contributed by atoms with E-state index in [-0.39, 0.29) is 5.91 Å². The molecule has 3 aromatic rings. The smallest absolute Gasteiger partial charge is 0.251 e. The minimum absolute atomic E-state index is 0.0731. The van der Waals surface area contributed by atoms with Crippen LogP contribution in [0.25, 0.3) is 10.2 Å². The lowest BCUT2D eigenvalue weighted by Gasteiger charge is -2.17. The molecule has 26 heavy (non-hydrogen) atoms. The Kier molecular flexibility index (Phi) is 4.99. The van der Waals surface area contributed by atoms with Gasteiger partial charge in [-0.2, -0.15) is 5.10 Å². The molecule has 1 aliphatic rings. The summed E-state index contributed by atoms with van der Waals surface area (Å²) in [6.45, 7) is 6.81. The second-order valence-electron chi connectivity index (χ2n) is 6.70. The van der Waals surface area contributed by atoms with Crippen molar-refractivity contribution in [3.8, 4) is 0 Å².